The van der Waals surface area contributed by atoms with Crippen LogP contribution in [0.3, 0.4) is 0 Å². The number of hydrogen-bond donors (Lipinski definition) is 2. The second-order valence-corrected chi connectivity index (χ2v) is 10.2. The smallest absolute Gasteiger partial charge is 0.407 e. The molecule has 2 amide bonds. The van der Waals surface area contributed by atoms with Gasteiger partial charge in [0, 0.05) is 24.6 Å². The Morgan fingerprint density at radius 1 is 0.897 bits per heavy atom. The van der Waals surface area contributed by atoms with Gasteiger partial charge in [0.15, 0.2) is 0 Å². The van der Waals surface area contributed by atoms with Crippen molar-refractivity contribution in [3.63, 3.8) is 0 Å². The lowest BCUT2D eigenvalue weighted by Gasteiger charge is -2.35. The number of ether oxygens (including phenoxy) is 2. The number of nitrogens with one attached hydrogen (secondary N) is 2. The fourth-order valence-corrected chi connectivity index (χ4v) is 4.43. The normalized spacial score (nSPS) is 29.0. The molecule has 2 aliphatic rings. The van der Waals surface area contributed by atoms with Gasteiger partial charge in [-0.15, -0.1) is 0 Å². The van der Waals surface area contributed by atoms with Crippen LogP contribution in [0.2, 0.25) is 0 Å². The zero-order valence-corrected chi connectivity index (χ0v) is 19.1. The molecule has 29 heavy (non-hydrogen) atoms. The van der Waals surface area contributed by atoms with Crippen molar-refractivity contribution in [2.24, 2.45) is 17.3 Å². The van der Waals surface area contributed by atoms with Crippen LogP contribution in [0.25, 0.3) is 0 Å². The number of carbonyl (C=O) groups excluding carboxylic acids is 2. The summed E-state index contributed by atoms with van der Waals surface area (Å²) >= 11 is 0. The predicted octanol–water partition coefficient (Wildman–Crippen LogP) is 4.42. The minimum Gasteiger partial charge on any atom is -0.447 e. The largest absolute Gasteiger partial charge is 0.447 e. The highest BCUT2D eigenvalue weighted by Crippen LogP contribution is 2.35. The van der Waals surface area contributed by atoms with E-state index in [0.29, 0.717) is 6.04 Å². The van der Waals surface area contributed by atoms with Crippen molar-refractivity contribution >= 4 is 12.0 Å². The van der Waals surface area contributed by atoms with Crippen LogP contribution >= 0.6 is 0 Å². The lowest BCUT2D eigenvalue weighted by atomic mass is 9.75. The quantitative estimate of drug-likeness (QED) is 0.651. The van der Waals surface area contributed by atoms with Crippen molar-refractivity contribution in [3.05, 3.63) is 0 Å². The summed E-state index contributed by atoms with van der Waals surface area (Å²) in [6, 6.07) is 0.588. The highest BCUT2D eigenvalue weighted by atomic mass is 16.6. The molecule has 1 unspecified atom stereocenters. The standard InChI is InChI=1S/C23H42N2O4/c1-16(28-5)15-29-22(27)25-20-12-8-18(9-13-20)14-17-6-10-19(11-7-17)24-21(26)23(2,3)4/h16-20H,6-15H2,1-5H3,(H,24,26)(H,25,27). The van der Waals surface area contributed by atoms with E-state index in [4.69, 9.17) is 9.47 Å². The first-order valence-electron chi connectivity index (χ1n) is 11.4. The average Bonchev–Trinajstić information content (AvgIpc) is 2.68. The molecule has 0 bridgehead atoms. The van der Waals surface area contributed by atoms with E-state index in [9.17, 15) is 9.59 Å². The van der Waals surface area contributed by atoms with E-state index in [2.05, 4.69) is 10.6 Å². The third-order valence-electron chi connectivity index (χ3n) is 6.55. The van der Waals surface area contributed by atoms with Gasteiger partial charge in [-0.2, -0.15) is 0 Å². The molecule has 168 valence electrons. The minimum atomic E-state index is -0.326. The fraction of sp³-hybridized carbons (Fsp3) is 0.913. The topological polar surface area (TPSA) is 76.7 Å². The number of methoxy groups -OCH3 is 1. The molecular formula is C23H42N2O4. The van der Waals surface area contributed by atoms with Crippen LogP contribution in [-0.4, -0.2) is 43.9 Å². The Morgan fingerprint density at radius 3 is 1.83 bits per heavy atom. The van der Waals surface area contributed by atoms with E-state index >= 15 is 0 Å². The first-order chi connectivity index (χ1) is 13.7. The molecule has 2 rings (SSSR count). The van der Waals surface area contributed by atoms with Crippen molar-refractivity contribution in [1.82, 2.24) is 10.6 Å². The molecule has 2 saturated carbocycles. The summed E-state index contributed by atoms with van der Waals surface area (Å²) < 4.78 is 10.3. The second-order valence-electron chi connectivity index (χ2n) is 10.2. The zero-order chi connectivity index (χ0) is 21.4. The van der Waals surface area contributed by atoms with Crippen LogP contribution in [-0.2, 0) is 14.3 Å². The minimum absolute atomic E-state index is 0.0756. The molecule has 6 nitrogen and oxygen atoms in total. The number of carbonyl (C=O) groups is 2. The first kappa shape index (κ1) is 24.0. The molecule has 2 fully saturated rings. The van der Waals surface area contributed by atoms with E-state index < -0.39 is 0 Å². The van der Waals surface area contributed by atoms with E-state index in [1.165, 1.54) is 32.1 Å². The summed E-state index contributed by atoms with van der Waals surface area (Å²) in [5.41, 5.74) is -0.308. The summed E-state index contributed by atoms with van der Waals surface area (Å²) in [7, 11) is 1.61. The van der Waals surface area contributed by atoms with Crippen LogP contribution in [0.15, 0.2) is 0 Å². The van der Waals surface area contributed by atoms with Crippen molar-refractivity contribution in [2.45, 2.75) is 104 Å². The Balaban J connectivity index is 1.60. The molecule has 0 saturated heterocycles. The molecule has 0 spiro atoms. The highest BCUT2D eigenvalue weighted by molar-refractivity contribution is 5.81. The molecule has 2 aliphatic carbocycles. The Morgan fingerprint density at radius 2 is 1.38 bits per heavy atom. The maximum Gasteiger partial charge on any atom is 0.407 e. The van der Waals surface area contributed by atoms with E-state index in [1.54, 1.807) is 7.11 Å². The molecular weight excluding hydrogens is 368 g/mol. The highest BCUT2D eigenvalue weighted by Gasteiger charge is 2.30. The Labute approximate surface area is 176 Å². The van der Waals surface area contributed by atoms with Gasteiger partial charge < -0.3 is 20.1 Å². The molecule has 0 aromatic carbocycles. The molecule has 1 atom stereocenters. The van der Waals surface area contributed by atoms with Gasteiger partial charge in [-0.1, -0.05) is 20.8 Å². The number of alkyl carbamates (subject to hydrolysis) is 1. The summed E-state index contributed by atoms with van der Waals surface area (Å²) in [5, 5.41) is 6.23. The van der Waals surface area contributed by atoms with Gasteiger partial charge in [0.25, 0.3) is 0 Å². The molecule has 6 heteroatoms. The lowest BCUT2D eigenvalue weighted by molar-refractivity contribution is -0.129. The van der Waals surface area contributed by atoms with E-state index in [0.717, 1.165) is 37.5 Å². The van der Waals surface area contributed by atoms with Gasteiger partial charge in [0.2, 0.25) is 5.91 Å². The number of rotatable bonds is 7. The summed E-state index contributed by atoms with van der Waals surface area (Å²) in [5.74, 6) is 1.72. The fourth-order valence-electron chi connectivity index (χ4n) is 4.43. The Hall–Kier alpha value is -1.30. The summed E-state index contributed by atoms with van der Waals surface area (Å²) in [6.45, 7) is 8.08. The Bertz CT molecular complexity index is 515. The van der Waals surface area contributed by atoms with Gasteiger partial charge in [-0.05, 0) is 76.5 Å². The van der Waals surface area contributed by atoms with Crippen LogP contribution in [0.4, 0.5) is 4.79 Å². The van der Waals surface area contributed by atoms with Gasteiger partial charge in [-0.3, -0.25) is 4.79 Å². The van der Waals surface area contributed by atoms with Crippen molar-refractivity contribution < 1.29 is 19.1 Å². The first-order valence-corrected chi connectivity index (χ1v) is 11.4. The third kappa shape index (κ3) is 8.53. The number of amides is 2. The van der Waals surface area contributed by atoms with Crippen LogP contribution in [0, 0.1) is 17.3 Å². The van der Waals surface area contributed by atoms with Crippen LogP contribution in [0.1, 0.15) is 85.5 Å². The third-order valence-corrected chi connectivity index (χ3v) is 6.55. The lowest BCUT2D eigenvalue weighted by Crippen LogP contribution is -2.43. The van der Waals surface area contributed by atoms with Crippen molar-refractivity contribution in [3.8, 4) is 0 Å². The monoisotopic (exact) mass is 410 g/mol. The Kier molecular flexibility index (Phi) is 9.25. The van der Waals surface area contributed by atoms with Crippen molar-refractivity contribution in [2.75, 3.05) is 13.7 Å². The summed E-state index contributed by atoms with van der Waals surface area (Å²) in [4.78, 5) is 24.1. The van der Waals surface area contributed by atoms with Gasteiger partial charge in [0.05, 0.1) is 6.10 Å². The molecule has 2 N–H and O–H groups in total. The maximum atomic E-state index is 12.2. The summed E-state index contributed by atoms with van der Waals surface area (Å²) in [6.07, 6.45) is 9.98. The van der Waals surface area contributed by atoms with Crippen molar-refractivity contribution in [1.29, 1.82) is 0 Å². The zero-order valence-electron chi connectivity index (χ0n) is 19.1. The molecule has 0 aromatic rings. The van der Waals surface area contributed by atoms with Gasteiger partial charge in [-0.25, -0.2) is 4.79 Å². The molecule has 0 heterocycles. The molecule has 0 aliphatic heterocycles. The van der Waals surface area contributed by atoms with Gasteiger partial charge in [0.1, 0.15) is 6.61 Å². The molecule has 0 aromatic heterocycles. The van der Waals surface area contributed by atoms with Gasteiger partial charge >= 0.3 is 6.09 Å². The molecule has 0 radical (unpaired) electrons. The maximum absolute atomic E-state index is 12.2. The average molecular weight is 411 g/mol. The van der Waals surface area contributed by atoms with E-state index in [1.807, 2.05) is 27.7 Å². The van der Waals surface area contributed by atoms with Crippen LogP contribution in [0.5, 0.6) is 0 Å². The number of hydrogen-bond acceptors (Lipinski definition) is 4. The van der Waals surface area contributed by atoms with Crippen LogP contribution < -0.4 is 10.6 Å². The second kappa shape index (κ2) is 11.2. The van der Waals surface area contributed by atoms with E-state index in [-0.39, 0.29) is 36.2 Å². The SMILES string of the molecule is COC(C)COC(=O)NC1CCC(CC2CCC(NC(=O)C(C)(C)C)CC2)CC1. The predicted molar refractivity (Wildman–Crippen MR) is 115 cm³/mol.